The van der Waals surface area contributed by atoms with Gasteiger partial charge in [0, 0.05) is 42.3 Å². The van der Waals surface area contributed by atoms with Crippen molar-refractivity contribution in [2.45, 2.75) is 38.1 Å². The molecule has 0 atom stereocenters. The average Bonchev–Trinajstić information content (AvgIpc) is 3.47. The molecule has 28 heavy (non-hydrogen) atoms. The number of hydrogen-bond donors (Lipinski definition) is 0. The number of benzene rings is 1. The molecular formula is C21H27NO5S. The number of rotatable bonds is 9. The SMILES string of the molecule is CCOCCn1cc(-c2cc(S(C)(=O)=O)ccc2OCC2CC2)cc(C)c1=O. The minimum atomic E-state index is -3.36. The highest BCUT2D eigenvalue weighted by atomic mass is 32.2. The maximum atomic E-state index is 12.5. The molecule has 0 amide bonds. The van der Waals surface area contributed by atoms with Gasteiger partial charge in [0.05, 0.1) is 18.1 Å². The monoisotopic (exact) mass is 405 g/mol. The molecule has 0 unspecified atom stereocenters. The van der Waals surface area contributed by atoms with Crippen LogP contribution in [0.15, 0.2) is 40.2 Å². The lowest BCUT2D eigenvalue weighted by molar-refractivity contribution is 0.138. The molecule has 1 aliphatic carbocycles. The van der Waals surface area contributed by atoms with Crippen LogP contribution in [-0.2, 0) is 21.1 Å². The van der Waals surface area contributed by atoms with E-state index in [1.165, 1.54) is 6.26 Å². The third-order valence-electron chi connectivity index (χ3n) is 4.81. The first-order chi connectivity index (χ1) is 13.3. The van der Waals surface area contributed by atoms with Crippen LogP contribution in [0.1, 0.15) is 25.3 Å². The molecule has 0 aliphatic heterocycles. The number of ether oxygens (including phenoxy) is 2. The summed E-state index contributed by atoms with van der Waals surface area (Å²) in [5.41, 5.74) is 1.94. The zero-order chi connectivity index (χ0) is 20.3. The first kappa shape index (κ1) is 20.6. The van der Waals surface area contributed by atoms with Gasteiger partial charge in [-0.05, 0) is 56.9 Å². The van der Waals surface area contributed by atoms with Crippen molar-refractivity contribution in [3.63, 3.8) is 0 Å². The lowest BCUT2D eigenvalue weighted by Crippen LogP contribution is -2.24. The average molecular weight is 406 g/mol. The molecule has 1 fully saturated rings. The predicted octanol–water partition coefficient (Wildman–Crippen LogP) is 3.05. The normalized spacial score (nSPS) is 14.2. The van der Waals surface area contributed by atoms with Crippen LogP contribution in [0.3, 0.4) is 0 Å². The van der Waals surface area contributed by atoms with Crippen molar-refractivity contribution in [1.29, 1.82) is 0 Å². The summed E-state index contributed by atoms with van der Waals surface area (Å²) in [4.78, 5) is 12.7. The van der Waals surface area contributed by atoms with Gasteiger partial charge in [-0.3, -0.25) is 4.79 Å². The zero-order valence-electron chi connectivity index (χ0n) is 16.6. The van der Waals surface area contributed by atoms with Crippen LogP contribution in [0.25, 0.3) is 11.1 Å². The second kappa shape index (κ2) is 8.49. The van der Waals surface area contributed by atoms with Gasteiger partial charge in [-0.15, -0.1) is 0 Å². The Morgan fingerprint density at radius 3 is 2.61 bits per heavy atom. The molecule has 0 saturated heterocycles. The fourth-order valence-corrected chi connectivity index (χ4v) is 3.64. The van der Waals surface area contributed by atoms with Gasteiger partial charge in [0.2, 0.25) is 0 Å². The Bertz CT molecular complexity index is 1010. The van der Waals surface area contributed by atoms with Gasteiger partial charge in [-0.2, -0.15) is 0 Å². The van der Waals surface area contributed by atoms with Crippen molar-refractivity contribution in [3.8, 4) is 16.9 Å². The van der Waals surface area contributed by atoms with Crippen molar-refractivity contribution in [2.75, 3.05) is 26.1 Å². The molecule has 0 bridgehead atoms. The summed E-state index contributed by atoms with van der Waals surface area (Å²) in [5.74, 6) is 1.21. The maximum absolute atomic E-state index is 12.5. The highest BCUT2D eigenvalue weighted by Crippen LogP contribution is 2.35. The summed E-state index contributed by atoms with van der Waals surface area (Å²) < 4.78 is 37.1. The van der Waals surface area contributed by atoms with Crippen LogP contribution >= 0.6 is 0 Å². The summed E-state index contributed by atoms with van der Waals surface area (Å²) >= 11 is 0. The van der Waals surface area contributed by atoms with Crippen molar-refractivity contribution >= 4 is 9.84 Å². The molecule has 0 spiro atoms. The molecule has 1 aromatic heterocycles. The molecule has 1 aliphatic rings. The summed E-state index contributed by atoms with van der Waals surface area (Å²) in [5, 5.41) is 0. The Balaban J connectivity index is 2.04. The molecule has 7 heteroatoms. The molecule has 1 saturated carbocycles. The molecule has 0 radical (unpaired) electrons. The zero-order valence-corrected chi connectivity index (χ0v) is 17.4. The molecule has 1 aromatic carbocycles. The number of nitrogens with zero attached hydrogens (tertiary/aromatic N) is 1. The first-order valence-electron chi connectivity index (χ1n) is 9.55. The number of sulfone groups is 1. The van der Waals surface area contributed by atoms with Crippen LogP contribution in [-0.4, -0.2) is 39.1 Å². The van der Waals surface area contributed by atoms with Crippen LogP contribution in [0.5, 0.6) is 5.75 Å². The van der Waals surface area contributed by atoms with Crippen LogP contribution in [0.4, 0.5) is 0 Å². The maximum Gasteiger partial charge on any atom is 0.253 e. The Morgan fingerprint density at radius 1 is 1.21 bits per heavy atom. The van der Waals surface area contributed by atoms with E-state index in [1.807, 2.05) is 6.92 Å². The number of aromatic nitrogens is 1. The van der Waals surface area contributed by atoms with E-state index >= 15 is 0 Å². The molecule has 2 aromatic rings. The van der Waals surface area contributed by atoms with Crippen molar-refractivity contribution < 1.29 is 17.9 Å². The van der Waals surface area contributed by atoms with E-state index in [4.69, 9.17) is 9.47 Å². The molecule has 3 rings (SSSR count). The van der Waals surface area contributed by atoms with Crippen LogP contribution in [0.2, 0.25) is 0 Å². The topological polar surface area (TPSA) is 74.6 Å². The predicted molar refractivity (Wildman–Crippen MR) is 109 cm³/mol. The Labute approximate surface area is 166 Å². The van der Waals surface area contributed by atoms with Crippen molar-refractivity contribution in [1.82, 2.24) is 4.57 Å². The first-order valence-corrected chi connectivity index (χ1v) is 11.4. The minimum absolute atomic E-state index is 0.0804. The number of aryl methyl sites for hydroxylation is 1. The Morgan fingerprint density at radius 2 is 1.96 bits per heavy atom. The van der Waals surface area contributed by atoms with Gasteiger partial charge in [0.1, 0.15) is 5.75 Å². The van der Waals surface area contributed by atoms with E-state index in [1.54, 1.807) is 42.0 Å². The van der Waals surface area contributed by atoms with Crippen molar-refractivity contribution in [2.24, 2.45) is 5.92 Å². The number of pyridine rings is 1. The molecule has 152 valence electrons. The fourth-order valence-electron chi connectivity index (χ4n) is 2.99. The number of hydrogen-bond acceptors (Lipinski definition) is 5. The van der Waals surface area contributed by atoms with E-state index in [-0.39, 0.29) is 10.5 Å². The molecular weight excluding hydrogens is 378 g/mol. The molecule has 6 nitrogen and oxygen atoms in total. The summed E-state index contributed by atoms with van der Waals surface area (Å²) in [7, 11) is -3.36. The van der Waals surface area contributed by atoms with Crippen LogP contribution in [0, 0.1) is 12.8 Å². The lowest BCUT2D eigenvalue weighted by Gasteiger charge is -2.15. The molecule has 1 heterocycles. The summed E-state index contributed by atoms with van der Waals surface area (Å²) in [6.45, 7) is 5.75. The summed E-state index contributed by atoms with van der Waals surface area (Å²) in [6.07, 6.45) is 5.27. The van der Waals surface area contributed by atoms with Gasteiger partial charge >= 0.3 is 0 Å². The van der Waals surface area contributed by atoms with E-state index in [0.717, 1.165) is 18.4 Å². The van der Waals surface area contributed by atoms with E-state index in [2.05, 4.69) is 0 Å². The smallest absolute Gasteiger partial charge is 0.253 e. The van der Waals surface area contributed by atoms with E-state index in [9.17, 15) is 13.2 Å². The second-order valence-electron chi connectivity index (χ2n) is 7.29. The van der Waals surface area contributed by atoms with Crippen LogP contribution < -0.4 is 10.3 Å². The van der Waals surface area contributed by atoms with Gasteiger partial charge in [0.15, 0.2) is 9.84 Å². The Kier molecular flexibility index (Phi) is 6.25. The lowest BCUT2D eigenvalue weighted by atomic mass is 10.0. The second-order valence-corrected chi connectivity index (χ2v) is 9.31. The van der Waals surface area contributed by atoms with E-state index < -0.39 is 9.84 Å². The fraction of sp³-hybridized carbons (Fsp3) is 0.476. The van der Waals surface area contributed by atoms with Gasteiger partial charge in [0.25, 0.3) is 5.56 Å². The largest absolute Gasteiger partial charge is 0.493 e. The molecule has 0 N–H and O–H groups in total. The third-order valence-corrected chi connectivity index (χ3v) is 5.92. The van der Waals surface area contributed by atoms with Crippen molar-refractivity contribution in [3.05, 3.63) is 46.4 Å². The third kappa shape index (κ3) is 5.02. The highest BCUT2D eigenvalue weighted by Gasteiger charge is 2.23. The Hall–Kier alpha value is -2.12. The highest BCUT2D eigenvalue weighted by molar-refractivity contribution is 7.90. The quantitative estimate of drug-likeness (QED) is 0.600. The van der Waals surface area contributed by atoms with Gasteiger partial charge in [-0.25, -0.2) is 8.42 Å². The van der Waals surface area contributed by atoms with E-state index in [0.29, 0.717) is 49.2 Å². The minimum Gasteiger partial charge on any atom is -0.493 e. The standard InChI is InChI=1S/C21H27NO5S/c1-4-26-10-9-22-13-17(11-15(2)21(22)23)19-12-18(28(3,24)25)7-8-20(19)27-14-16-5-6-16/h7-8,11-13,16H,4-6,9-10,14H2,1-3H3. The van der Waals surface area contributed by atoms with Gasteiger partial charge in [-0.1, -0.05) is 0 Å². The van der Waals surface area contributed by atoms with Gasteiger partial charge < -0.3 is 14.0 Å². The summed E-state index contributed by atoms with van der Waals surface area (Å²) in [6, 6.07) is 6.69.